The van der Waals surface area contributed by atoms with Crippen molar-refractivity contribution in [1.82, 2.24) is 5.32 Å². The van der Waals surface area contributed by atoms with E-state index in [1.807, 2.05) is 48.5 Å². The maximum Gasteiger partial charge on any atom is 0.352 e. The van der Waals surface area contributed by atoms with Crippen LogP contribution in [0, 0.1) is 0 Å². The van der Waals surface area contributed by atoms with Crippen molar-refractivity contribution in [3.63, 3.8) is 0 Å². The van der Waals surface area contributed by atoms with Crippen LogP contribution in [0.2, 0.25) is 0 Å². The molecule has 2 fully saturated rings. The molecule has 1 N–H and O–H groups in total. The highest BCUT2D eigenvalue weighted by Crippen LogP contribution is 2.47. The minimum atomic E-state index is -3.76. The van der Waals surface area contributed by atoms with Crippen molar-refractivity contribution in [2.45, 2.75) is 62.8 Å². The summed E-state index contributed by atoms with van der Waals surface area (Å²) in [6.45, 7) is 4.63. The fraction of sp³-hybridized carbons (Fsp3) is 0.412. The van der Waals surface area contributed by atoms with Crippen LogP contribution in [-0.4, -0.2) is 58.8 Å². The van der Waals surface area contributed by atoms with Crippen LogP contribution in [0.15, 0.2) is 71.7 Å². The Kier molecular flexibility index (Phi) is 11.9. The summed E-state index contributed by atoms with van der Waals surface area (Å²) >= 11 is 4.81. The molecule has 0 atom stereocenters. The Labute approximate surface area is 283 Å². The molecule has 9 nitrogen and oxygen atoms in total. The predicted molar refractivity (Wildman–Crippen MR) is 184 cm³/mol. The molecule has 1 saturated heterocycles. The van der Waals surface area contributed by atoms with Crippen LogP contribution in [0.3, 0.4) is 0 Å². The van der Waals surface area contributed by atoms with Crippen LogP contribution in [0.4, 0.5) is 5.69 Å². The summed E-state index contributed by atoms with van der Waals surface area (Å²) < 4.78 is 46.9. The van der Waals surface area contributed by atoms with E-state index in [1.54, 1.807) is 10.4 Å². The Balaban J connectivity index is 1.50. The number of hydrogen-bond acceptors (Lipinski definition) is 9. The van der Waals surface area contributed by atoms with Crippen LogP contribution in [-0.2, 0) is 30.0 Å². The Hall–Kier alpha value is -3.19. The van der Waals surface area contributed by atoms with Gasteiger partial charge in [0, 0.05) is 6.04 Å². The number of esters is 2. The Bertz CT molecular complexity index is 1620. The zero-order valence-corrected chi connectivity index (χ0v) is 28.8. The molecule has 0 unspecified atom stereocenters. The number of nitrogens with zero attached hydrogens (tertiary/aromatic N) is 1. The molecular formula is C34H39BrN2O7S2. The predicted octanol–water partition coefficient (Wildman–Crippen LogP) is 6.86. The van der Waals surface area contributed by atoms with Crippen LogP contribution in [0.25, 0.3) is 10.4 Å². The second-order valence-electron chi connectivity index (χ2n) is 11.4. The molecular weight excluding hydrogens is 692 g/mol. The molecule has 1 aliphatic heterocycles. The molecule has 0 spiro atoms. The Morgan fingerprint density at radius 2 is 1.76 bits per heavy atom. The minimum absolute atomic E-state index is 0.0440. The van der Waals surface area contributed by atoms with Gasteiger partial charge in [-0.25, -0.2) is 18.0 Å². The maximum atomic E-state index is 14.0. The molecule has 5 rings (SSSR count). The molecule has 0 radical (unpaired) electrons. The van der Waals surface area contributed by atoms with Gasteiger partial charge in [-0.2, -0.15) is 0 Å². The van der Waals surface area contributed by atoms with Gasteiger partial charge in [0.1, 0.15) is 12.7 Å². The molecule has 0 amide bonds. The molecule has 12 heteroatoms. The number of ether oxygens (including phenoxy) is 3. The van der Waals surface area contributed by atoms with E-state index in [0.717, 1.165) is 45.2 Å². The summed E-state index contributed by atoms with van der Waals surface area (Å²) in [7, 11) is -3.76. The fourth-order valence-electron chi connectivity index (χ4n) is 5.84. The molecule has 1 saturated carbocycles. The number of carbonyl (C=O) groups is 2. The molecule has 1 aliphatic carbocycles. The van der Waals surface area contributed by atoms with E-state index in [9.17, 15) is 18.0 Å². The van der Waals surface area contributed by atoms with E-state index >= 15 is 0 Å². The number of rotatable bonds is 13. The number of piperidine rings is 1. The zero-order chi connectivity index (χ0) is 32.5. The van der Waals surface area contributed by atoms with Crippen molar-refractivity contribution in [2.24, 2.45) is 0 Å². The molecule has 46 heavy (non-hydrogen) atoms. The van der Waals surface area contributed by atoms with Crippen molar-refractivity contribution in [1.29, 1.82) is 0 Å². The normalized spacial score (nSPS) is 16.0. The summed E-state index contributed by atoms with van der Waals surface area (Å²) in [4.78, 5) is 26.6. The standard InChI is InChI=1S/C34H39BrN2O7S2/c1-2-20-42-29(38)22-43-31-30(35)32(45-33(31)34(39)44-28-14-7-4-8-15-28)25-12-9-13-27(21-25)37(26-16-18-36-19-17-26)46(40,41)23-24-10-5-3-6-11-24/h2-3,5-6,9-13,21,26,28,36H,1,4,7-8,14-20,22-23H2. The molecule has 3 aromatic rings. The Morgan fingerprint density at radius 3 is 2.48 bits per heavy atom. The van der Waals surface area contributed by atoms with Gasteiger partial charge < -0.3 is 19.5 Å². The molecule has 2 heterocycles. The monoisotopic (exact) mass is 730 g/mol. The average molecular weight is 732 g/mol. The van der Waals surface area contributed by atoms with Gasteiger partial charge in [0.15, 0.2) is 17.2 Å². The van der Waals surface area contributed by atoms with Gasteiger partial charge in [-0.15, -0.1) is 11.3 Å². The Morgan fingerprint density at radius 1 is 1.02 bits per heavy atom. The van der Waals surface area contributed by atoms with Crippen LogP contribution in [0.5, 0.6) is 5.75 Å². The molecule has 0 bridgehead atoms. The second kappa shape index (κ2) is 16.1. The van der Waals surface area contributed by atoms with E-state index in [0.29, 0.717) is 39.0 Å². The number of hydrogen-bond donors (Lipinski definition) is 1. The smallest absolute Gasteiger partial charge is 0.352 e. The van der Waals surface area contributed by atoms with Crippen LogP contribution < -0.4 is 14.4 Å². The zero-order valence-electron chi connectivity index (χ0n) is 25.6. The quantitative estimate of drug-likeness (QED) is 0.150. The fourth-order valence-corrected chi connectivity index (χ4v) is 9.62. The number of carbonyl (C=O) groups excluding carboxylic acids is 2. The SMILES string of the molecule is C=CCOC(=O)COc1c(C(=O)OC2CCCCC2)sc(-c2cccc(N(C3CCNCC3)S(=O)(=O)Cc3ccccc3)c2)c1Br. The van der Waals surface area contributed by atoms with Gasteiger partial charge in [0.2, 0.25) is 10.0 Å². The van der Waals surface area contributed by atoms with Crippen LogP contribution >= 0.6 is 27.3 Å². The van der Waals surface area contributed by atoms with Gasteiger partial charge in [0.25, 0.3) is 0 Å². The van der Waals surface area contributed by atoms with E-state index in [-0.39, 0.29) is 35.1 Å². The van der Waals surface area contributed by atoms with Gasteiger partial charge in [-0.3, -0.25) is 4.31 Å². The van der Waals surface area contributed by atoms with E-state index in [2.05, 4.69) is 27.8 Å². The molecule has 1 aromatic heterocycles. The highest BCUT2D eigenvalue weighted by molar-refractivity contribution is 9.10. The average Bonchev–Trinajstić information content (AvgIpc) is 3.40. The lowest BCUT2D eigenvalue weighted by molar-refractivity contribution is -0.144. The molecule has 246 valence electrons. The third kappa shape index (κ3) is 8.58. The lowest BCUT2D eigenvalue weighted by Gasteiger charge is -2.35. The number of thiophene rings is 1. The van der Waals surface area contributed by atoms with Crippen molar-refractivity contribution >= 4 is 54.9 Å². The third-order valence-electron chi connectivity index (χ3n) is 8.01. The van der Waals surface area contributed by atoms with Gasteiger partial charge in [0.05, 0.1) is 20.8 Å². The van der Waals surface area contributed by atoms with E-state index in [4.69, 9.17) is 14.2 Å². The van der Waals surface area contributed by atoms with E-state index < -0.39 is 28.6 Å². The summed E-state index contributed by atoms with van der Waals surface area (Å²) in [6.07, 6.45) is 7.39. The van der Waals surface area contributed by atoms with Gasteiger partial charge in [-0.05, 0) is 90.8 Å². The summed E-state index contributed by atoms with van der Waals surface area (Å²) in [5, 5.41) is 3.33. The highest BCUT2D eigenvalue weighted by atomic mass is 79.9. The minimum Gasteiger partial charge on any atom is -0.479 e. The second-order valence-corrected chi connectivity index (χ2v) is 15.1. The summed E-state index contributed by atoms with van der Waals surface area (Å²) in [6, 6.07) is 16.3. The van der Waals surface area contributed by atoms with Crippen molar-refractivity contribution in [3.8, 4) is 16.2 Å². The molecule has 2 aromatic carbocycles. The summed E-state index contributed by atoms with van der Waals surface area (Å²) in [5.41, 5.74) is 1.95. The van der Waals surface area contributed by atoms with Gasteiger partial charge in [-0.1, -0.05) is 61.5 Å². The van der Waals surface area contributed by atoms with Crippen molar-refractivity contribution < 1.29 is 32.2 Å². The topological polar surface area (TPSA) is 111 Å². The lowest BCUT2D eigenvalue weighted by Crippen LogP contribution is -2.46. The number of benzene rings is 2. The van der Waals surface area contributed by atoms with E-state index in [1.165, 1.54) is 17.4 Å². The number of halogens is 1. The number of sulfonamides is 1. The highest BCUT2D eigenvalue weighted by Gasteiger charge is 2.33. The van der Waals surface area contributed by atoms with Gasteiger partial charge >= 0.3 is 11.9 Å². The largest absolute Gasteiger partial charge is 0.479 e. The molecule has 2 aliphatic rings. The summed E-state index contributed by atoms with van der Waals surface area (Å²) in [5.74, 6) is -1.05. The van der Waals surface area contributed by atoms with Crippen molar-refractivity contribution in [2.75, 3.05) is 30.6 Å². The number of nitrogens with one attached hydrogen (secondary N) is 1. The maximum absolute atomic E-state index is 14.0. The van der Waals surface area contributed by atoms with Crippen LogP contribution in [0.1, 0.15) is 60.2 Å². The number of anilines is 1. The first-order valence-electron chi connectivity index (χ1n) is 15.6. The lowest BCUT2D eigenvalue weighted by atomic mass is 9.98. The van der Waals surface area contributed by atoms with Crippen molar-refractivity contribution in [3.05, 3.63) is 82.2 Å². The first-order chi connectivity index (χ1) is 22.3. The first-order valence-corrected chi connectivity index (χ1v) is 18.8. The first kappa shape index (κ1) is 34.2. The third-order valence-corrected chi connectivity index (χ3v) is 12.0.